The molecule has 2 aromatic carbocycles. The summed E-state index contributed by atoms with van der Waals surface area (Å²) in [7, 11) is 0. The van der Waals surface area contributed by atoms with Crippen molar-refractivity contribution in [1.29, 1.82) is 0 Å². The molecule has 0 heterocycles. The third kappa shape index (κ3) is 15.5. The maximum atomic E-state index is 7.57. The van der Waals surface area contributed by atoms with Gasteiger partial charge in [0, 0.05) is 45.7 Å². The Morgan fingerprint density at radius 3 is 1.68 bits per heavy atom. The third-order valence-corrected chi connectivity index (χ3v) is 1.55. The van der Waals surface area contributed by atoms with Crippen LogP contribution in [-0.2, 0) is 25.8 Å². The van der Waals surface area contributed by atoms with Crippen LogP contribution < -0.4 is 0 Å². The molecule has 3 nitrogen and oxygen atoms in total. The maximum Gasteiger partial charge on any atom is 0.0402 e. The molecule has 108 valence electrons. The molecule has 3 N–H and O–H groups in total. The molecule has 4 heteroatoms. The largest absolute Gasteiger partial charge is 0.397 e. The molecule has 0 aliphatic rings. The fraction of sp³-hybridized carbons (Fsp3) is 0.400. The van der Waals surface area contributed by atoms with E-state index in [0.717, 1.165) is 0 Å². The smallest absolute Gasteiger partial charge is 0.0402 e. The Kier molecular flexibility index (Phi) is 24.8. The third-order valence-electron chi connectivity index (χ3n) is 1.55. The summed E-state index contributed by atoms with van der Waals surface area (Å²) < 4.78 is 0. The predicted molar refractivity (Wildman–Crippen MR) is 77.8 cm³/mol. The number of aliphatic hydroxyl groups is 3. The van der Waals surface area contributed by atoms with E-state index in [4.69, 9.17) is 15.3 Å². The molecule has 0 amide bonds. The summed E-state index contributed by atoms with van der Waals surface area (Å²) >= 11 is 0. The number of aliphatic hydroxyl groups excluding tert-OH is 3. The van der Waals surface area contributed by atoms with Crippen LogP contribution in [0.15, 0.2) is 42.5 Å². The normalized spacial score (nSPS) is 7.68. The van der Waals surface area contributed by atoms with Crippen LogP contribution in [0.5, 0.6) is 0 Å². The van der Waals surface area contributed by atoms with Crippen molar-refractivity contribution < 1.29 is 41.2 Å². The van der Waals surface area contributed by atoms with Gasteiger partial charge in [0.15, 0.2) is 0 Å². The minimum atomic E-state index is 0. The Labute approximate surface area is 135 Å². The van der Waals surface area contributed by atoms with E-state index in [1.54, 1.807) is 20.8 Å². The van der Waals surface area contributed by atoms with Gasteiger partial charge in [-0.1, -0.05) is 6.07 Å². The van der Waals surface area contributed by atoms with Gasteiger partial charge in [0.2, 0.25) is 0 Å². The molecule has 19 heavy (non-hydrogen) atoms. The van der Waals surface area contributed by atoms with Crippen LogP contribution in [0.25, 0.3) is 10.8 Å². The zero-order valence-electron chi connectivity index (χ0n) is 12.0. The summed E-state index contributed by atoms with van der Waals surface area (Å²) in [6.45, 7) is 5.79. The minimum Gasteiger partial charge on any atom is -0.397 e. The number of hydrogen-bond donors (Lipinski definition) is 3. The molecule has 0 atom stereocenters. The Morgan fingerprint density at radius 1 is 0.842 bits per heavy atom. The zero-order chi connectivity index (χ0) is 14.2. The standard InChI is InChI=1S/C9H7.3C2H6O.Hf/c1-2-5-9-7-3-6-8(9)4-1;3*1-2-3;/h1-7H;3*3H,2H2,1H3;/q-1;;;;. The van der Waals surface area contributed by atoms with E-state index in [2.05, 4.69) is 42.5 Å². The maximum absolute atomic E-state index is 7.57. The second-order valence-electron chi connectivity index (χ2n) is 3.10. The molecule has 0 aliphatic carbocycles. The van der Waals surface area contributed by atoms with Gasteiger partial charge >= 0.3 is 0 Å². The van der Waals surface area contributed by atoms with Crippen molar-refractivity contribution in [3.63, 3.8) is 0 Å². The second kappa shape index (κ2) is 19.9. The minimum absolute atomic E-state index is 0. The summed E-state index contributed by atoms with van der Waals surface area (Å²) in [5.41, 5.74) is 0. The van der Waals surface area contributed by atoms with Crippen molar-refractivity contribution in [3.8, 4) is 0 Å². The fourth-order valence-corrected chi connectivity index (χ4v) is 1.07. The molecule has 0 radical (unpaired) electrons. The van der Waals surface area contributed by atoms with Crippen molar-refractivity contribution in [2.24, 2.45) is 0 Å². The van der Waals surface area contributed by atoms with Gasteiger partial charge in [0.1, 0.15) is 0 Å². The van der Waals surface area contributed by atoms with E-state index in [9.17, 15) is 0 Å². The van der Waals surface area contributed by atoms with E-state index in [1.807, 2.05) is 0 Å². The van der Waals surface area contributed by atoms with Crippen LogP contribution in [0.1, 0.15) is 20.8 Å². The second-order valence-corrected chi connectivity index (χ2v) is 3.10. The van der Waals surface area contributed by atoms with Gasteiger partial charge in [-0.15, -0.1) is 29.7 Å². The molecule has 0 saturated heterocycles. The summed E-state index contributed by atoms with van der Waals surface area (Å²) in [6, 6.07) is 14.7. The quantitative estimate of drug-likeness (QED) is 0.444. The van der Waals surface area contributed by atoms with Gasteiger partial charge in [-0.05, 0) is 20.8 Å². The molecule has 0 fully saturated rings. The molecule has 0 spiro atoms. The molecule has 0 saturated carbocycles. The van der Waals surface area contributed by atoms with Crippen LogP contribution in [0.2, 0.25) is 0 Å². The first-order chi connectivity index (χ1) is 8.71. The summed E-state index contributed by atoms with van der Waals surface area (Å²) in [5, 5.41) is 25.4. The average molecular weight is 432 g/mol. The van der Waals surface area contributed by atoms with Gasteiger partial charge in [-0.3, -0.25) is 0 Å². The van der Waals surface area contributed by atoms with Gasteiger partial charge in [-0.25, -0.2) is 0 Å². The van der Waals surface area contributed by atoms with Crippen LogP contribution in [-0.4, -0.2) is 35.1 Å². The zero-order valence-corrected chi connectivity index (χ0v) is 15.6. The molecule has 0 aliphatic heterocycles. The summed E-state index contributed by atoms with van der Waals surface area (Å²) in [4.78, 5) is 0. The Hall–Kier alpha value is -0.420. The van der Waals surface area contributed by atoms with Crippen molar-refractivity contribution in [3.05, 3.63) is 42.5 Å². The van der Waals surface area contributed by atoms with Crippen LogP contribution in [0.3, 0.4) is 0 Å². The first-order valence-corrected chi connectivity index (χ1v) is 6.14. The molecular formula is C15H25HfO3-. The molecule has 0 aromatic heterocycles. The van der Waals surface area contributed by atoms with Crippen LogP contribution >= 0.6 is 0 Å². The SMILES string of the molecule is CCO.CCO.CCO.[Hf].c1ccc2[cH-]ccc2c1. The molecule has 2 rings (SSSR count). The Balaban J connectivity index is -0.000000220. The Morgan fingerprint density at radius 2 is 1.26 bits per heavy atom. The first-order valence-electron chi connectivity index (χ1n) is 6.14. The van der Waals surface area contributed by atoms with Crippen molar-refractivity contribution in [1.82, 2.24) is 0 Å². The van der Waals surface area contributed by atoms with Crippen molar-refractivity contribution >= 4 is 10.8 Å². The fourth-order valence-electron chi connectivity index (χ4n) is 1.07. The summed E-state index contributed by atoms with van der Waals surface area (Å²) in [5.74, 6) is 0. The molecule has 0 unspecified atom stereocenters. The van der Waals surface area contributed by atoms with Crippen LogP contribution in [0, 0.1) is 0 Å². The van der Waals surface area contributed by atoms with Crippen LogP contribution in [0.4, 0.5) is 0 Å². The van der Waals surface area contributed by atoms with E-state index in [0.29, 0.717) is 0 Å². The number of hydrogen-bond acceptors (Lipinski definition) is 3. The van der Waals surface area contributed by atoms with E-state index in [1.165, 1.54) is 10.8 Å². The van der Waals surface area contributed by atoms with Crippen molar-refractivity contribution in [2.45, 2.75) is 20.8 Å². The number of benzene rings is 1. The van der Waals surface area contributed by atoms with E-state index >= 15 is 0 Å². The van der Waals surface area contributed by atoms with Gasteiger partial charge in [0.25, 0.3) is 0 Å². The van der Waals surface area contributed by atoms with Gasteiger partial charge in [-0.2, -0.15) is 17.5 Å². The first kappa shape index (κ1) is 23.7. The van der Waals surface area contributed by atoms with E-state index < -0.39 is 0 Å². The van der Waals surface area contributed by atoms with E-state index in [-0.39, 0.29) is 45.7 Å². The number of fused-ring (bicyclic) bond motifs is 1. The topological polar surface area (TPSA) is 60.7 Å². The molecule has 0 bridgehead atoms. The predicted octanol–water partition coefficient (Wildman–Crippen LogP) is 2.55. The van der Waals surface area contributed by atoms with Gasteiger partial charge in [0.05, 0.1) is 0 Å². The molecule has 2 aromatic rings. The Bertz CT molecular complexity index is 326. The van der Waals surface area contributed by atoms with Gasteiger partial charge < -0.3 is 15.3 Å². The average Bonchev–Trinajstić information content (AvgIpc) is 2.80. The molecular weight excluding hydrogens is 407 g/mol. The number of rotatable bonds is 0. The monoisotopic (exact) mass is 433 g/mol. The summed E-state index contributed by atoms with van der Waals surface area (Å²) in [6.07, 6.45) is 0. The van der Waals surface area contributed by atoms with Crippen molar-refractivity contribution in [2.75, 3.05) is 19.8 Å².